The smallest absolute Gasteiger partial charge is 0.246 e. The molecule has 3 heterocycles. The van der Waals surface area contributed by atoms with Gasteiger partial charge in [0, 0.05) is 32.1 Å². The van der Waals surface area contributed by atoms with Gasteiger partial charge in [-0.3, -0.25) is 19.2 Å². The van der Waals surface area contributed by atoms with E-state index in [0.29, 0.717) is 55.5 Å². The van der Waals surface area contributed by atoms with Gasteiger partial charge in [-0.1, -0.05) is 34.6 Å². The largest absolute Gasteiger partial charge is 0.504 e. The van der Waals surface area contributed by atoms with Crippen LogP contribution in [0.3, 0.4) is 0 Å². The zero-order chi connectivity index (χ0) is 30.1. The van der Waals surface area contributed by atoms with E-state index in [-0.39, 0.29) is 35.3 Å². The van der Waals surface area contributed by atoms with Crippen molar-refractivity contribution in [3.05, 3.63) is 18.3 Å². The molecule has 0 bridgehead atoms. The van der Waals surface area contributed by atoms with Gasteiger partial charge in [0.2, 0.25) is 24.1 Å². The number of fused-ring (bicyclic) bond motifs is 4. The van der Waals surface area contributed by atoms with E-state index >= 15 is 0 Å². The van der Waals surface area contributed by atoms with Crippen molar-refractivity contribution < 1.29 is 24.3 Å². The minimum absolute atomic E-state index is 0.0278. The fourth-order valence-corrected chi connectivity index (χ4v) is 6.21. The Morgan fingerprint density at radius 1 is 1.18 bits per heavy atom. The standard InChI is InChI=1S/C17H25N3O3.C6H6N2O2.C5H8.C2H6/c1-8-5-13(16(18)22)20(6-8)17(23)15-14-11-4-3-10(11)12(14)7-19(15)9(2)21;9-4-8-6-5(10)2-1-3-7-6;1-4-5(2)3;1-2/h8,10-15H,3-7H2,1-2H3,(H2,18,22);1-4,10H,(H,7,8,9);1,5H,2-3H3;1-2H3/t8?,10-,11?,12?,13?,14?,15+;;;/m1.../s1. The van der Waals surface area contributed by atoms with Crippen LogP contribution in [0.15, 0.2) is 18.3 Å². The summed E-state index contributed by atoms with van der Waals surface area (Å²) < 4.78 is 0. The van der Waals surface area contributed by atoms with E-state index in [1.54, 1.807) is 22.8 Å². The molecule has 2 aliphatic carbocycles. The molecule has 4 aliphatic rings. The van der Waals surface area contributed by atoms with E-state index in [9.17, 15) is 19.2 Å². The number of aromatic hydroxyl groups is 1. The van der Waals surface area contributed by atoms with Crippen molar-refractivity contribution in [2.75, 3.05) is 18.4 Å². The molecule has 0 radical (unpaired) electrons. The van der Waals surface area contributed by atoms with Gasteiger partial charge in [0.15, 0.2) is 11.6 Å². The molecule has 0 aromatic carbocycles. The number of nitrogens with zero attached hydrogens (tertiary/aromatic N) is 3. The number of terminal acetylenes is 1. The number of pyridine rings is 1. The zero-order valence-corrected chi connectivity index (χ0v) is 24.5. The first-order valence-corrected chi connectivity index (χ1v) is 14.2. The Morgan fingerprint density at radius 2 is 1.80 bits per heavy atom. The Labute approximate surface area is 238 Å². The van der Waals surface area contributed by atoms with Gasteiger partial charge in [0.1, 0.15) is 12.1 Å². The predicted molar refractivity (Wildman–Crippen MR) is 153 cm³/mol. The third-order valence-corrected chi connectivity index (χ3v) is 8.12. The van der Waals surface area contributed by atoms with E-state index in [1.807, 2.05) is 34.6 Å². The second kappa shape index (κ2) is 14.7. The van der Waals surface area contributed by atoms with Crippen molar-refractivity contribution in [1.82, 2.24) is 14.8 Å². The molecule has 4 amide bonds. The lowest BCUT2D eigenvalue weighted by molar-refractivity contribution is -0.151. The second-order valence-electron chi connectivity index (χ2n) is 11.0. The monoisotopic (exact) mass is 555 g/mol. The lowest BCUT2D eigenvalue weighted by Gasteiger charge is -2.57. The zero-order valence-electron chi connectivity index (χ0n) is 24.5. The highest BCUT2D eigenvalue weighted by Gasteiger charge is 2.65. The van der Waals surface area contributed by atoms with Crippen LogP contribution < -0.4 is 11.1 Å². The van der Waals surface area contributed by atoms with E-state index in [2.05, 4.69) is 16.2 Å². The van der Waals surface area contributed by atoms with Crippen molar-refractivity contribution in [3.8, 4) is 18.1 Å². The third kappa shape index (κ3) is 7.12. The molecule has 2 saturated carbocycles. The first-order chi connectivity index (χ1) is 19.0. The lowest BCUT2D eigenvalue weighted by Crippen LogP contribution is -2.59. The number of primary amides is 1. The number of nitrogens with two attached hydrogens (primary N) is 1. The van der Waals surface area contributed by atoms with Gasteiger partial charge >= 0.3 is 0 Å². The molecule has 10 heteroatoms. The molecule has 0 spiro atoms. The summed E-state index contributed by atoms with van der Waals surface area (Å²) in [5, 5.41) is 11.2. The number of hydrogen-bond donors (Lipinski definition) is 3. The summed E-state index contributed by atoms with van der Waals surface area (Å²) in [4.78, 5) is 54.0. The Bertz CT molecular complexity index is 1090. The summed E-state index contributed by atoms with van der Waals surface area (Å²) in [6, 6.07) is 2.14. The molecular weight excluding hydrogens is 510 g/mol. The molecular formula is C30H45N5O5. The van der Waals surface area contributed by atoms with Crippen LogP contribution in [0.1, 0.15) is 60.8 Å². The molecule has 10 nitrogen and oxygen atoms in total. The number of amides is 4. The number of hydrogen-bond acceptors (Lipinski definition) is 6. The Kier molecular flexibility index (Phi) is 12.0. The van der Waals surface area contributed by atoms with Gasteiger partial charge in [0.25, 0.3) is 0 Å². The van der Waals surface area contributed by atoms with Crippen molar-refractivity contribution in [1.29, 1.82) is 0 Å². The predicted octanol–water partition coefficient (Wildman–Crippen LogP) is 2.87. The maximum Gasteiger partial charge on any atom is 0.246 e. The van der Waals surface area contributed by atoms with Crippen LogP contribution in [0.25, 0.3) is 0 Å². The van der Waals surface area contributed by atoms with Crippen LogP contribution in [-0.4, -0.2) is 69.2 Å². The highest BCUT2D eigenvalue weighted by atomic mass is 16.3. The lowest BCUT2D eigenvalue weighted by atomic mass is 9.47. The average molecular weight is 556 g/mol. The second-order valence-corrected chi connectivity index (χ2v) is 11.0. The number of likely N-dealkylation sites (tertiary alicyclic amines) is 2. The quantitative estimate of drug-likeness (QED) is 0.385. The van der Waals surface area contributed by atoms with Gasteiger partial charge in [-0.2, -0.15) is 0 Å². The number of carbonyl (C=O) groups is 4. The molecule has 5 rings (SSSR count). The molecule has 2 aliphatic heterocycles. The highest BCUT2D eigenvalue weighted by molar-refractivity contribution is 5.92. The van der Waals surface area contributed by atoms with Crippen LogP contribution in [0.4, 0.5) is 5.82 Å². The number of aromatic nitrogens is 1. The van der Waals surface area contributed by atoms with Crippen molar-refractivity contribution >= 4 is 29.9 Å². The summed E-state index contributed by atoms with van der Waals surface area (Å²) in [6.07, 6.45) is 9.91. The van der Waals surface area contributed by atoms with Crippen LogP contribution in [0.2, 0.25) is 0 Å². The van der Waals surface area contributed by atoms with Crippen molar-refractivity contribution in [3.63, 3.8) is 0 Å². The molecule has 5 unspecified atom stereocenters. The Hall–Kier alpha value is -3.61. The van der Waals surface area contributed by atoms with Crippen LogP contribution in [-0.2, 0) is 19.2 Å². The third-order valence-electron chi connectivity index (χ3n) is 8.12. The SMILES string of the molecule is C#CC(C)C.CC.CC(=O)N1CC2C(C3CC[C@H]32)[C@H]1C(=O)N1CC(C)CC1C(N)=O.O=CNc1ncccc1O. The minimum Gasteiger partial charge on any atom is -0.504 e. The number of anilines is 1. The molecule has 7 atom stereocenters. The molecule has 1 aromatic rings. The van der Waals surface area contributed by atoms with Gasteiger partial charge in [-0.25, -0.2) is 4.98 Å². The fourth-order valence-electron chi connectivity index (χ4n) is 6.21. The van der Waals surface area contributed by atoms with E-state index in [0.717, 1.165) is 0 Å². The first-order valence-electron chi connectivity index (χ1n) is 14.2. The summed E-state index contributed by atoms with van der Waals surface area (Å²) in [6.45, 7) is 12.8. The maximum absolute atomic E-state index is 13.2. The molecule has 2 saturated heterocycles. The van der Waals surface area contributed by atoms with Crippen molar-refractivity contribution in [2.45, 2.75) is 72.9 Å². The van der Waals surface area contributed by atoms with Crippen molar-refractivity contribution in [2.24, 2.45) is 41.2 Å². The summed E-state index contributed by atoms with van der Waals surface area (Å²) in [7, 11) is 0. The van der Waals surface area contributed by atoms with Crippen LogP contribution >= 0.6 is 0 Å². The van der Waals surface area contributed by atoms with Gasteiger partial charge in [0.05, 0.1) is 0 Å². The highest BCUT2D eigenvalue weighted by Crippen LogP contribution is 2.63. The summed E-state index contributed by atoms with van der Waals surface area (Å²) >= 11 is 0. The average Bonchev–Trinajstić information content (AvgIpc) is 3.46. The van der Waals surface area contributed by atoms with Gasteiger partial charge in [-0.15, -0.1) is 12.3 Å². The van der Waals surface area contributed by atoms with Crippen LogP contribution in [0.5, 0.6) is 5.75 Å². The number of rotatable bonds is 4. The maximum atomic E-state index is 13.2. The molecule has 220 valence electrons. The number of nitrogens with one attached hydrogen (secondary N) is 1. The Morgan fingerprint density at radius 3 is 2.27 bits per heavy atom. The van der Waals surface area contributed by atoms with Gasteiger partial charge in [-0.05, 0) is 61.0 Å². The normalized spacial score (nSPS) is 28.7. The Balaban J connectivity index is 0.000000274. The van der Waals surface area contributed by atoms with E-state index in [4.69, 9.17) is 17.3 Å². The molecule has 1 aromatic heterocycles. The van der Waals surface area contributed by atoms with Crippen LogP contribution in [0, 0.1) is 47.9 Å². The van der Waals surface area contributed by atoms with Gasteiger partial charge < -0.3 is 26.0 Å². The summed E-state index contributed by atoms with van der Waals surface area (Å²) in [5.74, 6) is 4.95. The first kappa shape index (κ1) is 32.6. The van der Waals surface area contributed by atoms with E-state index in [1.165, 1.54) is 25.1 Å². The summed E-state index contributed by atoms with van der Waals surface area (Å²) in [5.41, 5.74) is 5.50. The fraction of sp³-hybridized carbons (Fsp3) is 0.633. The molecule has 4 fully saturated rings. The minimum atomic E-state index is -0.511. The molecule has 4 N–H and O–H groups in total. The topological polar surface area (TPSA) is 146 Å². The number of carbonyl (C=O) groups excluding carboxylic acids is 4. The van der Waals surface area contributed by atoms with E-state index < -0.39 is 11.9 Å². The molecule has 40 heavy (non-hydrogen) atoms.